The van der Waals surface area contributed by atoms with Crippen molar-refractivity contribution >= 4 is 5.69 Å². The van der Waals surface area contributed by atoms with E-state index < -0.39 is 5.82 Å². The lowest BCUT2D eigenvalue weighted by molar-refractivity contribution is 0.243. The van der Waals surface area contributed by atoms with Crippen molar-refractivity contribution in [2.75, 3.05) is 5.32 Å². The SMILES string of the molecule is CC(C)Oc1ccccc1NCc1cc(O)cc(F)c1. The predicted octanol–water partition coefficient (Wildman–Crippen LogP) is 3.93. The molecule has 0 aromatic heterocycles. The molecule has 0 radical (unpaired) electrons. The van der Waals surface area contributed by atoms with Crippen LogP contribution >= 0.6 is 0 Å². The molecule has 0 saturated heterocycles. The molecule has 0 saturated carbocycles. The van der Waals surface area contributed by atoms with E-state index >= 15 is 0 Å². The molecule has 2 aromatic carbocycles. The Hall–Kier alpha value is -2.23. The molecule has 4 heteroatoms. The lowest BCUT2D eigenvalue weighted by Gasteiger charge is -2.15. The Bertz CT molecular complexity index is 564. The monoisotopic (exact) mass is 275 g/mol. The Balaban J connectivity index is 2.10. The predicted molar refractivity (Wildman–Crippen MR) is 77.6 cm³/mol. The van der Waals surface area contributed by atoms with Crippen LogP contribution in [0.1, 0.15) is 19.4 Å². The number of phenols is 1. The van der Waals surface area contributed by atoms with Crippen LogP contribution in [-0.4, -0.2) is 11.2 Å². The number of ether oxygens (including phenoxy) is 1. The number of nitrogens with one attached hydrogen (secondary N) is 1. The number of para-hydroxylation sites is 2. The van der Waals surface area contributed by atoms with Crippen molar-refractivity contribution in [3.63, 3.8) is 0 Å². The maximum atomic E-state index is 13.2. The average Bonchev–Trinajstić information content (AvgIpc) is 2.36. The second-order valence-electron chi connectivity index (χ2n) is 4.83. The zero-order valence-corrected chi connectivity index (χ0v) is 11.6. The van der Waals surface area contributed by atoms with E-state index in [1.54, 1.807) is 0 Å². The molecule has 0 amide bonds. The highest BCUT2D eigenvalue weighted by atomic mass is 19.1. The molecule has 2 N–H and O–H groups in total. The summed E-state index contributed by atoms with van der Waals surface area (Å²) >= 11 is 0. The number of phenolic OH excluding ortho intramolecular Hbond substituents is 1. The maximum absolute atomic E-state index is 13.2. The Morgan fingerprint density at radius 1 is 1.20 bits per heavy atom. The first-order valence-electron chi connectivity index (χ1n) is 6.52. The first-order chi connectivity index (χ1) is 9.54. The van der Waals surface area contributed by atoms with Crippen LogP contribution in [-0.2, 0) is 6.54 Å². The van der Waals surface area contributed by atoms with Gasteiger partial charge in [-0.2, -0.15) is 0 Å². The Morgan fingerprint density at radius 2 is 1.95 bits per heavy atom. The van der Waals surface area contributed by atoms with Crippen molar-refractivity contribution in [3.8, 4) is 11.5 Å². The van der Waals surface area contributed by atoms with Crippen molar-refractivity contribution < 1.29 is 14.2 Å². The Morgan fingerprint density at radius 3 is 2.65 bits per heavy atom. The van der Waals surface area contributed by atoms with Gasteiger partial charge in [0.1, 0.15) is 17.3 Å². The largest absolute Gasteiger partial charge is 0.508 e. The molecule has 0 bridgehead atoms. The van der Waals surface area contributed by atoms with Crippen LogP contribution in [0.5, 0.6) is 11.5 Å². The highest BCUT2D eigenvalue weighted by molar-refractivity contribution is 5.56. The van der Waals surface area contributed by atoms with E-state index in [0.29, 0.717) is 12.1 Å². The van der Waals surface area contributed by atoms with Gasteiger partial charge < -0.3 is 15.2 Å². The van der Waals surface area contributed by atoms with Crippen LogP contribution in [0.15, 0.2) is 42.5 Å². The summed E-state index contributed by atoms with van der Waals surface area (Å²) in [5.41, 5.74) is 1.51. The Labute approximate surface area is 118 Å². The smallest absolute Gasteiger partial charge is 0.142 e. The van der Waals surface area contributed by atoms with Gasteiger partial charge in [0.25, 0.3) is 0 Å². The summed E-state index contributed by atoms with van der Waals surface area (Å²) < 4.78 is 18.9. The molecular formula is C16H18FNO2. The van der Waals surface area contributed by atoms with E-state index in [1.807, 2.05) is 38.1 Å². The summed E-state index contributed by atoms with van der Waals surface area (Å²) in [6, 6.07) is 11.6. The molecule has 0 aliphatic rings. The fourth-order valence-corrected chi connectivity index (χ4v) is 1.90. The minimum atomic E-state index is -0.450. The first-order valence-corrected chi connectivity index (χ1v) is 6.52. The highest BCUT2D eigenvalue weighted by Gasteiger charge is 2.05. The number of halogens is 1. The second-order valence-corrected chi connectivity index (χ2v) is 4.83. The number of rotatable bonds is 5. The minimum absolute atomic E-state index is 0.0754. The topological polar surface area (TPSA) is 41.5 Å². The number of hydrogen-bond acceptors (Lipinski definition) is 3. The van der Waals surface area contributed by atoms with Crippen molar-refractivity contribution in [2.24, 2.45) is 0 Å². The highest BCUT2D eigenvalue weighted by Crippen LogP contribution is 2.26. The van der Waals surface area contributed by atoms with E-state index in [-0.39, 0.29) is 11.9 Å². The van der Waals surface area contributed by atoms with Gasteiger partial charge in [-0.05, 0) is 43.7 Å². The van der Waals surface area contributed by atoms with Gasteiger partial charge in [0.2, 0.25) is 0 Å². The molecule has 0 unspecified atom stereocenters. The average molecular weight is 275 g/mol. The van der Waals surface area contributed by atoms with Crippen molar-refractivity contribution in [1.82, 2.24) is 0 Å². The first kappa shape index (κ1) is 14.2. The summed E-state index contributed by atoms with van der Waals surface area (Å²) in [5, 5.41) is 12.6. The van der Waals surface area contributed by atoms with Gasteiger partial charge >= 0.3 is 0 Å². The van der Waals surface area contributed by atoms with Crippen LogP contribution in [0.2, 0.25) is 0 Å². The minimum Gasteiger partial charge on any atom is -0.508 e. The zero-order chi connectivity index (χ0) is 14.5. The van der Waals surface area contributed by atoms with Crippen LogP contribution < -0.4 is 10.1 Å². The second kappa shape index (κ2) is 6.28. The molecule has 106 valence electrons. The van der Waals surface area contributed by atoms with E-state index in [1.165, 1.54) is 12.1 Å². The van der Waals surface area contributed by atoms with Gasteiger partial charge in [-0.15, -0.1) is 0 Å². The Kier molecular flexibility index (Phi) is 4.45. The lowest BCUT2D eigenvalue weighted by atomic mass is 10.2. The molecular weight excluding hydrogens is 257 g/mol. The van der Waals surface area contributed by atoms with Crippen LogP contribution in [0.3, 0.4) is 0 Å². The van der Waals surface area contributed by atoms with Gasteiger partial charge in [0, 0.05) is 12.6 Å². The van der Waals surface area contributed by atoms with Crippen LogP contribution in [0, 0.1) is 5.82 Å². The molecule has 0 atom stereocenters. The van der Waals surface area contributed by atoms with Gasteiger partial charge in [0.05, 0.1) is 11.8 Å². The van der Waals surface area contributed by atoms with Crippen molar-refractivity contribution in [2.45, 2.75) is 26.5 Å². The normalized spacial score (nSPS) is 10.6. The van der Waals surface area contributed by atoms with E-state index in [0.717, 1.165) is 17.5 Å². The summed E-state index contributed by atoms with van der Waals surface area (Å²) in [5.74, 6) is 0.227. The van der Waals surface area contributed by atoms with Gasteiger partial charge in [-0.25, -0.2) is 4.39 Å². The van der Waals surface area contributed by atoms with Crippen molar-refractivity contribution in [3.05, 3.63) is 53.8 Å². The molecule has 3 nitrogen and oxygen atoms in total. The summed E-state index contributed by atoms with van der Waals surface area (Å²) in [7, 11) is 0. The number of anilines is 1. The zero-order valence-electron chi connectivity index (χ0n) is 11.6. The van der Waals surface area contributed by atoms with Gasteiger partial charge in [0.15, 0.2) is 0 Å². The lowest BCUT2D eigenvalue weighted by Crippen LogP contribution is -2.08. The van der Waals surface area contributed by atoms with Gasteiger partial charge in [-0.1, -0.05) is 12.1 Å². The molecule has 0 aliphatic carbocycles. The number of hydrogen-bond donors (Lipinski definition) is 2. The molecule has 2 aromatic rings. The van der Waals surface area contributed by atoms with Crippen LogP contribution in [0.25, 0.3) is 0 Å². The van der Waals surface area contributed by atoms with Gasteiger partial charge in [-0.3, -0.25) is 0 Å². The van der Waals surface area contributed by atoms with Crippen molar-refractivity contribution in [1.29, 1.82) is 0 Å². The molecule has 20 heavy (non-hydrogen) atoms. The third-order valence-corrected chi connectivity index (χ3v) is 2.68. The summed E-state index contributed by atoms with van der Waals surface area (Å²) in [6.07, 6.45) is 0.0798. The number of aromatic hydroxyl groups is 1. The summed E-state index contributed by atoms with van der Waals surface area (Å²) in [4.78, 5) is 0. The van der Waals surface area contributed by atoms with E-state index in [4.69, 9.17) is 4.74 Å². The molecule has 0 spiro atoms. The van der Waals surface area contributed by atoms with E-state index in [2.05, 4.69) is 5.32 Å². The number of benzene rings is 2. The van der Waals surface area contributed by atoms with E-state index in [9.17, 15) is 9.50 Å². The fourth-order valence-electron chi connectivity index (χ4n) is 1.90. The molecule has 0 fully saturated rings. The summed E-state index contributed by atoms with van der Waals surface area (Å²) in [6.45, 7) is 4.33. The van der Waals surface area contributed by atoms with Crippen LogP contribution in [0.4, 0.5) is 10.1 Å². The standard InChI is InChI=1S/C16H18FNO2/c1-11(2)20-16-6-4-3-5-15(16)18-10-12-7-13(17)9-14(19)8-12/h3-9,11,18-19H,10H2,1-2H3. The molecule has 0 heterocycles. The molecule has 0 aliphatic heterocycles. The third kappa shape index (κ3) is 3.88. The molecule has 2 rings (SSSR count). The fraction of sp³-hybridized carbons (Fsp3) is 0.250. The third-order valence-electron chi connectivity index (χ3n) is 2.68. The maximum Gasteiger partial charge on any atom is 0.142 e. The quantitative estimate of drug-likeness (QED) is 0.868.